The molecule has 0 amide bonds. The Kier molecular flexibility index (Phi) is 8.33. The molecule has 1 aliphatic carbocycles. The Morgan fingerprint density at radius 1 is 0.414 bits per heavy atom. The summed E-state index contributed by atoms with van der Waals surface area (Å²) in [6.45, 7) is 0. The molecule has 0 bridgehead atoms. The molecule has 0 unspecified atom stereocenters. The van der Waals surface area contributed by atoms with Crippen molar-refractivity contribution in [3.63, 3.8) is 0 Å². The van der Waals surface area contributed by atoms with E-state index in [1.165, 1.54) is 82.8 Å². The van der Waals surface area contributed by atoms with Crippen LogP contribution < -0.4 is 4.90 Å². The average Bonchev–Trinajstić information content (AvgIpc) is 3.65. The van der Waals surface area contributed by atoms with Crippen LogP contribution >= 0.6 is 0 Å². The van der Waals surface area contributed by atoms with Gasteiger partial charge in [-0.25, -0.2) is 0 Å². The highest BCUT2D eigenvalue weighted by Crippen LogP contribution is 2.44. The molecule has 0 aliphatic heterocycles. The third-order valence-electron chi connectivity index (χ3n) is 11.8. The molecule has 2 nitrogen and oxygen atoms in total. The summed E-state index contributed by atoms with van der Waals surface area (Å²) in [5, 5.41) is 5.12. The number of aromatic nitrogens is 1. The lowest BCUT2D eigenvalue weighted by molar-refractivity contribution is 0.989. The molecule has 2 heteroatoms. The second kappa shape index (κ2) is 14.3. The number of para-hydroxylation sites is 1. The van der Waals surface area contributed by atoms with E-state index in [-0.39, 0.29) is 0 Å². The molecular formula is C56H40N2. The zero-order chi connectivity index (χ0) is 38.4. The van der Waals surface area contributed by atoms with E-state index in [1.54, 1.807) is 0 Å². The molecule has 1 heterocycles. The van der Waals surface area contributed by atoms with E-state index in [2.05, 4.69) is 228 Å². The first-order chi connectivity index (χ1) is 28.8. The van der Waals surface area contributed by atoms with Crippen LogP contribution in [0, 0.1) is 0 Å². The lowest BCUT2D eigenvalue weighted by atomic mass is 9.91. The van der Waals surface area contributed by atoms with Gasteiger partial charge >= 0.3 is 0 Å². The Morgan fingerprint density at radius 2 is 1.05 bits per heavy atom. The highest BCUT2D eigenvalue weighted by Gasteiger charge is 2.22. The molecule has 1 aliphatic rings. The first-order valence-electron chi connectivity index (χ1n) is 20.2. The monoisotopic (exact) mass is 740 g/mol. The third kappa shape index (κ3) is 5.81. The van der Waals surface area contributed by atoms with Crippen molar-refractivity contribution in [2.45, 2.75) is 12.8 Å². The third-order valence-corrected chi connectivity index (χ3v) is 11.8. The van der Waals surface area contributed by atoms with Gasteiger partial charge in [0.1, 0.15) is 0 Å². The van der Waals surface area contributed by atoms with Gasteiger partial charge in [0.25, 0.3) is 0 Å². The Labute approximate surface area is 339 Å². The molecule has 11 rings (SSSR count). The smallest absolute Gasteiger partial charge is 0.0547 e. The second-order valence-corrected chi connectivity index (χ2v) is 15.2. The van der Waals surface area contributed by atoms with Gasteiger partial charge in [0.2, 0.25) is 0 Å². The molecule has 0 spiro atoms. The summed E-state index contributed by atoms with van der Waals surface area (Å²) in [5.74, 6) is 0. The molecule has 58 heavy (non-hydrogen) atoms. The molecule has 0 saturated heterocycles. The predicted octanol–water partition coefficient (Wildman–Crippen LogP) is 15.4. The Bertz CT molecular complexity index is 3150. The molecule has 0 saturated carbocycles. The van der Waals surface area contributed by atoms with Crippen LogP contribution in [0.3, 0.4) is 0 Å². The Balaban J connectivity index is 1.10. The molecule has 0 fully saturated rings. The van der Waals surface area contributed by atoms with Gasteiger partial charge in [0.15, 0.2) is 0 Å². The maximum Gasteiger partial charge on any atom is 0.0547 e. The maximum atomic E-state index is 2.44. The lowest BCUT2D eigenvalue weighted by Gasteiger charge is -2.27. The zero-order valence-electron chi connectivity index (χ0n) is 32.1. The van der Waals surface area contributed by atoms with Gasteiger partial charge in [0, 0.05) is 33.5 Å². The lowest BCUT2D eigenvalue weighted by Crippen LogP contribution is -2.10. The SMILES string of the molecule is C1=Cc2c(ccc3c2c2c(-c4cccc(N(c5ccc(-c6cccc7ccccc67)cc5)c5cccc(-c6ccccc6)c5)c4)cccc2n3-c2ccccc2)CC1. The molecule has 0 N–H and O–H groups in total. The van der Waals surface area contributed by atoms with E-state index in [0.717, 1.165) is 29.9 Å². The topological polar surface area (TPSA) is 8.17 Å². The van der Waals surface area contributed by atoms with Crippen LogP contribution in [-0.2, 0) is 6.42 Å². The number of rotatable bonds is 7. The van der Waals surface area contributed by atoms with Crippen molar-refractivity contribution in [1.82, 2.24) is 4.57 Å². The number of nitrogens with zero attached hydrogens (tertiary/aromatic N) is 2. The first kappa shape index (κ1) is 33.9. The highest BCUT2D eigenvalue weighted by atomic mass is 15.1. The van der Waals surface area contributed by atoms with E-state index in [1.807, 2.05) is 0 Å². The Morgan fingerprint density at radius 3 is 1.88 bits per heavy atom. The molecule has 0 radical (unpaired) electrons. The normalized spacial score (nSPS) is 12.3. The molecular weight excluding hydrogens is 701 g/mol. The van der Waals surface area contributed by atoms with Gasteiger partial charge in [-0.2, -0.15) is 0 Å². The van der Waals surface area contributed by atoms with Crippen LogP contribution in [0.25, 0.3) is 77.7 Å². The minimum Gasteiger partial charge on any atom is -0.310 e. The molecule has 1 aromatic heterocycles. The van der Waals surface area contributed by atoms with E-state index in [0.29, 0.717) is 0 Å². The van der Waals surface area contributed by atoms with Crippen molar-refractivity contribution in [2.24, 2.45) is 0 Å². The first-order valence-corrected chi connectivity index (χ1v) is 20.2. The average molecular weight is 741 g/mol. The van der Waals surface area contributed by atoms with Gasteiger partial charge in [-0.1, -0.05) is 158 Å². The minimum absolute atomic E-state index is 1.06. The standard InChI is InChI=1S/C56H40N2/c1-3-15-39(16-4-1)43-20-11-24-47(37-43)57(46-34-31-42(32-35-46)50-28-13-19-40-17-7-9-26-49(40)50)48-25-12-21-44(38-48)52-29-14-30-53-56(52)55-51-27-10-8-18-41(51)33-36-54(55)58(53)45-22-5-2-6-23-45/h1-7,9-17,19-38H,8,18H2. The van der Waals surface area contributed by atoms with Crippen LogP contribution in [-0.4, -0.2) is 4.57 Å². The summed E-state index contributed by atoms with van der Waals surface area (Å²) < 4.78 is 2.44. The van der Waals surface area contributed by atoms with Crippen molar-refractivity contribution in [1.29, 1.82) is 0 Å². The zero-order valence-corrected chi connectivity index (χ0v) is 32.1. The van der Waals surface area contributed by atoms with E-state index >= 15 is 0 Å². The summed E-state index contributed by atoms with van der Waals surface area (Å²) in [6.07, 6.45) is 6.83. The predicted molar refractivity (Wildman–Crippen MR) is 247 cm³/mol. The molecule has 274 valence electrons. The van der Waals surface area contributed by atoms with Gasteiger partial charge in [-0.3, -0.25) is 0 Å². The van der Waals surface area contributed by atoms with E-state index in [4.69, 9.17) is 0 Å². The van der Waals surface area contributed by atoms with Gasteiger partial charge in [0.05, 0.1) is 11.0 Å². The van der Waals surface area contributed by atoms with Crippen LogP contribution in [0.4, 0.5) is 17.1 Å². The Hall–Kier alpha value is -7.42. The van der Waals surface area contributed by atoms with Crippen LogP contribution in [0.2, 0.25) is 0 Å². The number of hydrogen-bond acceptors (Lipinski definition) is 1. The van der Waals surface area contributed by atoms with Crippen molar-refractivity contribution in [3.05, 3.63) is 223 Å². The second-order valence-electron chi connectivity index (χ2n) is 15.2. The van der Waals surface area contributed by atoms with Gasteiger partial charge in [-0.15, -0.1) is 0 Å². The largest absolute Gasteiger partial charge is 0.310 e. The fourth-order valence-electron chi connectivity index (χ4n) is 9.15. The van der Waals surface area contributed by atoms with Crippen molar-refractivity contribution >= 4 is 55.7 Å². The highest BCUT2D eigenvalue weighted by molar-refractivity contribution is 6.19. The fraction of sp³-hybridized carbons (Fsp3) is 0.0357. The van der Waals surface area contributed by atoms with Crippen LogP contribution in [0.1, 0.15) is 17.5 Å². The molecule has 9 aromatic carbocycles. The maximum absolute atomic E-state index is 2.44. The van der Waals surface area contributed by atoms with Crippen molar-refractivity contribution < 1.29 is 0 Å². The van der Waals surface area contributed by atoms with Gasteiger partial charge < -0.3 is 9.47 Å². The summed E-state index contributed by atoms with van der Waals surface area (Å²) in [7, 11) is 0. The van der Waals surface area contributed by atoms with Gasteiger partial charge in [-0.05, 0) is 129 Å². The summed E-state index contributed by atoms with van der Waals surface area (Å²) in [5.41, 5.74) is 16.9. The van der Waals surface area contributed by atoms with Crippen molar-refractivity contribution in [3.8, 4) is 39.1 Å². The number of benzene rings is 9. The van der Waals surface area contributed by atoms with Crippen LogP contribution in [0.5, 0.6) is 0 Å². The summed E-state index contributed by atoms with van der Waals surface area (Å²) >= 11 is 0. The molecule has 0 atom stereocenters. The minimum atomic E-state index is 1.06. The number of allylic oxidation sites excluding steroid dienone is 1. The fourth-order valence-corrected chi connectivity index (χ4v) is 9.15. The summed E-state index contributed by atoms with van der Waals surface area (Å²) in [6, 6.07) is 75.3. The van der Waals surface area contributed by atoms with Crippen molar-refractivity contribution in [2.75, 3.05) is 4.90 Å². The number of anilines is 3. The van der Waals surface area contributed by atoms with E-state index < -0.39 is 0 Å². The summed E-state index contributed by atoms with van der Waals surface area (Å²) in [4.78, 5) is 2.40. The number of aryl methyl sites for hydroxylation is 1. The molecule has 10 aromatic rings. The number of hydrogen-bond donors (Lipinski definition) is 0. The number of fused-ring (bicyclic) bond motifs is 6. The quantitative estimate of drug-likeness (QED) is 0.158. The van der Waals surface area contributed by atoms with Crippen LogP contribution in [0.15, 0.2) is 212 Å². The van der Waals surface area contributed by atoms with E-state index in [9.17, 15) is 0 Å².